The highest BCUT2D eigenvalue weighted by Crippen LogP contribution is 2.41. The van der Waals surface area contributed by atoms with E-state index in [4.69, 9.17) is 14.9 Å². The van der Waals surface area contributed by atoms with Crippen LogP contribution in [0.5, 0.6) is 0 Å². The normalized spacial score (nSPS) is 13.9. The van der Waals surface area contributed by atoms with Crippen LogP contribution in [0, 0.1) is 0 Å². The Labute approximate surface area is 237 Å². The second-order valence-corrected chi connectivity index (χ2v) is 11.9. The van der Waals surface area contributed by atoms with E-state index in [9.17, 15) is 9.90 Å². The topological polar surface area (TPSA) is 124 Å². The molecule has 0 saturated carbocycles. The Hall–Kier alpha value is -2.86. The molecule has 3 aromatic rings. The van der Waals surface area contributed by atoms with E-state index in [0.29, 0.717) is 32.7 Å². The Balaban J connectivity index is 1.34. The number of carbonyl (C=O) groups excluding carboxylic acids is 1. The third-order valence-electron chi connectivity index (χ3n) is 6.25. The van der Waals surface area contributed by atoms with Crippen LogP contribution in [-0.2, 0) is 22.4 Å². The maximum Gasteiger partial charge on any atom is 0.407 e. The minimum atomic E-state index is -0.511. The predicted octanol–water partition coefficient (Wildman–Crippen LogP) is 3.33. The minimum Gasteiger partial charge on any atom is -0.441 e. The largest absolute Gasteiger partial charge is 0.441 e. The minimum absolute atomic E-state index is 0.0606. The molecule has 0 spiro atoms. The molecule has 1 aromatic heterocycles. The van der Waals surface area contributed by atoms with E-state index in [-0.39, 0.29) is 6.61 Å². The molecule has 4 N–H and O–H groups in total. The van der Waals surface area contributed by atoms with Gasteiger partial charge in [0.05, 0.1) is 32.1 Å². The van der Waals surface area contributed by atoms with Crippen LogP contribution in [0.2, 0.25) is 0 Å². The van der Waals surface area contributed by atoms with E-state index in [1.165, 1.54) is 0 Å². The number of fused-ring (bicyclic) bond motifs is 5. The molecule has 0 bridgehead atoms. The molecule has 208 valence electrons. The summed E-state index contributed by atoms with van der Waals surface area (Å²) in [5.41, 5.74) is 6.25. The molecule has 1 unspecified atom stereocenters. The van der Waals surface area contributed by atoms with E-state index < -0.39 is 12.2 Å². The van der Waals surface area contributed by atoms with Gasteiger partial charge in [-0.15, -0.1) is 5.10 Å². The van der Waals surface area contributed by atoms with Crippen molar-refractivity contribution in [2.75, 3.05) is 37.9 Å². The average Bonchev–Trinajstić information content (AvgIpc) is 3.33. The van der Waals surface area contributed by atoms with Crippen molar-refractivity contribution in [1.29, 1.82) is 0 Å². The van der Waals surface area contributed by atoms with Gasteiger partial charge in [0.1, 0.15) is 17.5 Å². The molecule has 4 rings (SSSR count). The standard InChI is InChI=1S/C28H35N5O4S2/c1-20(29)7-6-17-38-39-18-16-36-15-12-30-28(35)37-25-19-21-8-2-3-9-22(21)26-27(33(13-14-34)32-31-26)24-11-5-4-10-23(24)25/h2-5,8-11,25,29,34H,6-7,12-19H2,1H3,(H,30,35)/p+1. The fraction of sp³-hybridized carbons (Fsp3) is 0.429. The van der Waals surface area contributed by atoms with Gasteiger partial charge in [0.15, 0.2) is 0 Å². The van der Waals surface area contributed by atoms with Crippen LogP contribution in [0.4, 0.5) is 4.79 Å². The van der Waals surface area contributed by atoms with Crippen molar-refractivity contribution in [3.63, 3.8) is 0 Å². The first-order valence-corrected chi connectivity index (χ1v) is 15.6. The van der Waals surface area contributed by atoms with Crippen molar-refractivity contribution < 1.29 is 24.8 Å². The van der Waals surface area contributed by atoms with E-state index in [0.717, 1.165) is 63.7 Å². The lowest BCUT2D eigenvalue weighted by molar-refractivity contribution is -0.117. The molecule has 0 aliphatic heterocycles. The predicted molar refractivity (Wildman–Crippen MR) is 156 cm³/mol. The monoisotopic (exact) mass is 570 g/mol. The number of aromatic nitrogens is 3. The first kappa shape index (κ1) is 29.1. The number of amides is 1. The number of ether oxygens (including phenoxy) is 2. The molecule has 1 aliphatic carbocycles. The van der Waals surface area contributed by atoms with Crippen LogP contribution >= 0.6 is 21.6 Å². The number of aliphatic hydroxyl groups is 1. The van der Waals surface area contributed by atoms with E-state index in [1.54, 1.807) is 15.5 Å². The number of rotatable bonds is 14. The zero-order valence-corrected chi connectivity index (χ0v) is 23.8. The van der Waals surface area contributed by atoms with Crippen molar-refractivity contribution in [1.82, 2.24) is 20.3 Å². The van der Waals surface area contributed by atoms with Crippen LogP contribution in [0.3, 0.4) is 0 Å². The summed E-state index contributed by atoms with van der Waals surface area (Å²) in [6.07, 6.45) is 1.56. The van der Waals surface area contributed by atoms with Crippen molar-refractivity contribution in [2.45, 2.75) is 38.8 Å². The van der Waals surface area contributed by atoms with Crippen LogP contribution in [-0.4, -0.2) is 69.8 Å². The first-order valence-electron chi connectivity index (χ1n) is 13.1. The molecule has 9 nitrogen and oxygen atoms in total. The number of hydrogen-bond acceptors (Lipinski definition) is 8. The SMILES string of the molecule is CC(=[NH2+])CCCSSCCOCCNC(=O)OC1Cc2ccccc2-c2nnn(CCO)c2-c2ccccc21. The lowest BCUT2D eigenvalue weighted by Crippen LogP contribution is -2.37. The third-order valence-corrected chi connectivity index (χ3v) is 8.70. The molecule has 11 heteroatoms. The number of carbonyl (C=O) groups is 1. The number of nitrogens with one attached hydrogen (secondary N) is 1. The Morgan fingerprint density at radius 3 is 2.72 bits per heavy atom. The number of hydrogen-bond donors (Lipinski definition) is 3. The fourth-order valence-electron chi connectivity index (χ4n) is 4.47. The third kappa shape index (κ3) is 8.07. The highest BCUT2D eigenvalue weighted by molar-refractivity contribution is 8.76. The number of nitrogens with zero attached hydrogens (tertiary/aromatic N) is 3. The van der Waals surface area contributed by atoms with Crippen LogP contribution in [0.1, 0.15) is 37.0 Å². The Bertz CT molecular complexity index is 1250. The quantitative estimate of drug-likeness (QED) is 0.153. The summed E-state index contributed by atoms with van der Waals surface area (Å²) in [4.78, 5) is 12.8. The summed E-state index contributed by atoms with van der Waals surface area (Å²) in [6, 6.07) is 15.8. The highest BCUT2D eigenvalue weighted by atomic mass is 33.1. The molecule has 0 fully saturated rings. The Morgan fingerprint density at radius 1 is 1.13 bits per heavy atom. The van der Waals surface area contributed by atoms with Gasteiger partial charge < -0.3 is 19.9 Å². The maximum atomic E-state index is 12.8. The second kappa shape index (κ2) is 15.1. The lowest BCUT2D eigenvalue weighted by atomic mass is 9.87. The summed E-state index contributed by atoms with van der Waals surface area (Å²) < 4.78 is 13.3. The van der Waals surface area contributed by atoms with E-state index >= 15 is 0 Å². The molecule has 1 heterocycles. The van der Waals surface area contributed by atoms with E-state index in [2.05, 4.69) is 15.6 Å². The first-order chi connectivity index (χ1) is 19.1. The van der Waals surface area contributed by atoms with Gasteiger partial charge in [-0.25, -0.2) is 9.48 Å². The molecule has 0 radical (unpaired) electrons. The zero-order chi connectivity index (χ0) is 27.5. The van der Waals surface area contributed by atoms with Crippen molar-refractivity contribution in [3.05, 3.63) is 59.7 Å². The van der Waals surface area contributed by atoms with Crippen molar-refractivity contribution in [3.8, 4) is 22.5 Å². The molecule has 39 heavy (non-hydrogen) atoms. The summed E-state index contributed by atoms with van der Waals surface area (Å²) in [5.74, 6) is 1.96. The molecule has 0 saturated heterocycles. The number of alkyl carbamates (subject to hydrolysis) is 1. The second-order valence-electron chi connectivity index (χ2n) is 9.21. The maximum absolute atomic E-state index is 12.8. The van der Waals surface area contributed by atoms with Crippen LogP contribution in [0.25, 0.3) is 22.5 Å². The molecule has 1 aliphatic rings. The molecule has 2 aromatic carbocycles. The summed E-state index contributed by atoms with van der Waals surface area (Å²) in [7, 11) is 3.62. The summed E-state index contributed by atoms with van der Waals surface area (Å²) >= 11 is 0. The smallest absolute Gasteiger partial charge is 0.407 e. The van der Waals surface area contributed by atoms with Gasteiger partial charge >= 0.3 is 6.09 Å². The van der Waals surface area contributed by atoms with Gasteiger partial charge in [0.25, 0.3) is 0 Å². The van der Waals surface area contributed by atoms with Gasteiger partial charge in [0, 0.05) is 54.5 Å². The molecule has 1 atom stereocenters. The van der Waals surface area contributed by atoms with Crippen molar-refractivity contribution >= 4 is 33.4 Å². The van der Waals surface area contributed by atoms with E-state index in [1.807, 2.05) is 66.2 Å². The molecular formula is C28H36N5O4S2+. The van der Waals surface area contributed by atoms with Crippen molar-refractivity contribution in [2.24, 2.45) is 0 Å². The highest BCUT2D eigenvalue weighted by Gasteiger charge is 2.29. The molecule has 1 amide bonds. The van der Waals surface area contributed by atoms with Crippen LogP contribution < -0.4 is 10.7 Å². The Kier molecular flexibility index (Phi) is 11.3. The summed E-state index contributed by atoms with van der Waals surface area (Å²) in [5, 5.41) is 26.9. The van der Waals surface area contributed by atoms with Gasteiger partial charge in [-0.3, -0.25) is 5.41 Å². The number of benzene rings is 2. The number of nitrogens with two attached hydrogens (primary N) is 1. The molecular weight excluding hydrogens is 534 g/mol. The van der Waals surface area contributed by atoms with Crippen LogP contribution in [0.15, 0.2) is 48.5 Å². The van der Waals surface area contributed by atoms with Gasteiger partial charge in [-0.05, 0) is 12.0 Å². The summed E-state index contributed by atoms with van der Waals surface area (Å²) in [6.45, 7) is 3.62. The van der Waals surface area contributed by atoms with Gasteiger partial charge in [0.2, 0.25) is 0 Å². The average molecular weight is 571 g/mol. The zero-order valence-electron chi connectivity index (χ0n) is 22.2. The van der Waals surface area contributed by atoms with Gasteiger partial charge in [-0.1, -0.05) is 75.3 Å². The van der Waals surface area contributed by atoms with Gasteiger partial charge in [-0.2, -0.15) is 0 Å². The number of aliphatic hydroxyl groups excluding tert-OH is 1. The fourth-order valence-corrected chi connectivity index (χ4v) is 6.42. The Morgan fingerprint density at radius 2 is 1.90 bits per heavy atom. The lowest BCUT2D eigenvalue weighted by Gasteiger charge is -2.25.